The van der Waals surface area contributed by atoms with Crippen molar-refractivity contribution in [2.45, 2.75) is 0 Å². The minimum atomic E-state index is 0. The van der Waals surface area contributed by atoms with E-state index in [2.05, 4.69) is 0 Å². The Balaban J connectivity index is -0.00000000146. The van der Waals surface area contributed by atoms with E-state index in [1.807, 2.05) is 0 Å². The van der Waals surface area contributed by atoms with Crippen molar-refractivity contribution in [3.8, 4) is 0 Å². The molecule has 0 aromatic carbocycles. The summed E-state index contributed by atoms with van der Waals surface area (Å²) in [4.78, 5) is 43.5. The van der Waals surface area contributed by atoms with E-state index in [9.17, 15) is 0 Å². The second-order valence-electron chi connectivity index (χ2n) is 0. The van der Waals surface area contributed by atoms with Crippen LogP contribution in [-0.2, 0) is 65.2 Å². The fourth-order valence-electron chi connectivity index (χ4n) is 0. The Labute approximate surface area is 200 Å². The molecule has 0 saturated carbocycles. The summed E-state index contributed by atoms with van der Waals surface area (Å²) < 4.78 is 0. The van der Waals surface area contributed by atoms with Gasteiger partial charge in [0.1, 0.15) is 0 Å². The van der Waals surface area contributed by atoms with Crippen LogP contribution in [0.3, 0.4) is 0 Å². The van der Waals surface area contributed by atoms with Gasteiger partial charge in [-0.3, -0.25) is 0 Å². The van der Waals surface area contributed by atoms with E-state index in [4.69, 9.17) is 63.0 Å². The smallest absolute Gasteiger partial charge is 1.00 e. The minimum Gasteiger partial charge on any atom is -1.00 e. The quantitative estimate of drug-likeness (QED) is 0.272. The molecule has 0 aromatic heterocycles. The van der Waals surface area contributed by atoms with E-state index in [1.165, 1.54) is 0 Å². The molecule has 0 unspecified atom stereocenters. The molecule has 12 nitrogen and oxygen atoms in total. The third-order valence-corrected chi connectivity index (χ3v) is 0. The molecule has 0 fully saturated rings. The number of hydrogen-bond acceptors (Lipinski definition) is 6. The molecule has 0 aliphatic heterocycles. The summed E-state index contributed by atoms with van der Waals surface area (Å²) in [6, 6.07) is 0. The molecule has 21 heteroatoms. The molecule has 0 N–H and O–H groups in total. The summed E-state index contributed by atoms with van der Waals surface area (Å²) in [5, 5.41) is 0. The van der Waals surface area contributed by atoms with Crippen molar-refractivity contribution in [1.82, 2.24) is 0 Å². The van der Waals surface area contributed by atoms with Gasteiger partial charge in [0.2, 0.25) is 0 Å². The first kappa shape index (κ1) is 185. The van der Waals surface area contributed by atoms with Crippen LogP contribution in [-0.4, -0.2) is 0 Å². The van der Waals surface area contributed by atoms with Crippen LogP contribution in [0.25, 0.3) is 33.6 Å². The van der Waals surface area contributed by atoms with E-state index in [1.54, 1.807) is 0 Å². The van der Waals surface area contributed by atoms with Gasteiger partial charge in [0, 0.05) is 0 Å². The Morgan fingerprint density at radius 1 is 0.238 bits per heavy atom. The molecule has 21 heavy (non-hydrogen) atoms. The minimum absolute atomic E-state index is 0. The maximum absolute atomic E-state index is 7.25. The van der Waals surface area contributed by atoms with Crippen molar-refractivity contribution in [3.63, 3.8) is 0 Å². The predicted octanol–water partition coefficient (Wildman–Crippen LogP) is -16.1. The molecule has 0 aliphatic carbocycles. The van der Waals surface area contributed by atoms with Crippen LogP contribution >= 0.6 is 0 Å². The van der Waals surface area contributed by atoms with E-state index in [0.717, 1.165) is 0 Å². The van der Waals surface area contributed by atoms with Crippen molar-refractivity contribution in [3.05, 3.63) is 63.0 Å². The molecule has 0 atom stereocenters. The molecular weight excluding hydrogens is 536 g/mol. The molecule has 0 rings (SSSR count). The average molecular weight is 536 g/mol. The average Bonchev–Trinajstić information content (AvgIpc) is 2.33. The molecule has 0 aliphatic rings. The van der Waals surface area contributed by atoms with Gasteiger partial charge in [-0.25, -0.2) is 0 Å². The van der Waals surface area contributed by atoms with E-state index >= 15 is 0 Å². The Kier molecular flexibility index (Phi) is 36200. The molecule has 120 valence electrons. The van der Waals surface area contributed by atoms with Gasteiger partial charge in [0.05, 0.1) is 0 Å². The third-order valence-electron chi connectivity index (χ3n) is 0. The van der Waals surface area contributed by atoms with Gasteiger partial charge in [-0.2, -0.15) is 0 Å². The first-order valence-corrected chi connectivity index (χ1v) is 1.10. The first-order valence-electron chi connectivity index (χ1n) is 1.10. The second-order valence-corrected chi connectivity index (χ2v) is 0. The van der Waals surface area contributed by atoms with Crippen LogP contribution in [0, 0.1) is 29.4 Å². The monoisotopic (exact) mass is 534 g/mol. The van der Waals surface area contributed by atoms with E-state index in [-0.39, 0.29) is 140 Å². The number of nitroso groups, excluding NO2 is 6. The third kappa shape index (κ3) is 3710. The van der Waals surface area contributed by atoms with Gasteiger partial charge in [0.15, 0.2) is 0 Å². The van der Waals surface area contributed by atoms with Gasteiger partial charge in [-0.15, -0.1) is 0 Å². The molecule has 0 spiro atoms. The summed E-state index contributed by atoms with van der Waals surface area (Å²) in [7, 11) is 0. The van der Waals surface area contributed by atoms with Gasteiger partial charge in [-0.05, 0) is 0 Å². The number of halogens is 6. The van der Waals surface area contributed by atoms with Gasteiger partial charge in [-0.1, -0.05) is 0 Å². The maximum atomic E-state index is 7.25. The maximum Gasteiger partial charge on any atom is 4.00 e. The fraction of sp³-hybridized carbons (Fsp3) is 0. The van der Waals surface area contributed by atoms with Crippen LogP contribution in [0.1, 0.15) is 0 Å². The largest absolute Gasteiger partial charge is 4.00 e. The van der Waals surface area contributed by atoms with Gasteiger partial charge >= 0.3 is 65.2 Å². The number of hydrogen-bond donors (Lipinski definition) is 0. The van der Waals surface area contributed by atoms with E-state index < -0.39 is 0 Å². The zero-order valence-electron chi connectivity index (χ0n) is 8.90. The van der Waals surface area contributed by atoms with Gasteiger partial charge in [0.25, 0.3) is 0 Å². The van der Waals surface area contributed by atoms with Crippen LogP contribution in [0.5, 0.6) is 0 Å². The van der Waals surface area contributed by atoms with Crippen molar-refractivity contribution in [2.75, 3.05) is 0 Å². The zero-order valence-corrected chi connectivity index (χ0v) is 18.1. The summed E-state index contributed by atoms with van der Waals surface area (Å²) in [5.41, 5.74) is 34.5. The first-order chi connectivity index (χ1) is 6.00. The second kappa shape index (κ2) is 4100. The predicted molar refractivity (Wildman–Crippen MR) is 40.4 cm³/mol. The summed E-state index contributed by atoms with van der Waals surface area (Å²) in [6.45, 7) is 0. The summed E-state index contributed by atoms with van der Waals surface area (Å²) in [5.74, 6) is 0. The molecule has 0 heterocycles. The van der Waals surface area contributed by atoms with E-state index in [0.29, 0.717) is 0 Å². The van der Waals surface area contributed by atoms with Gasteiger partial charge < -0.3 is 137 Å². The van der Waals surface area contributed by atoms with Crippen LogP contribution < -0.4 is 74.4 Å². The molecule has 0 aromatic rings. The summed E-state index contributed by atoms with van der Waals surface area (Å²) in [6.07, 6.45) is 0. The van der Waals surface area contributed by atoms with Crippen molar-refractivity contribution >= 4 is 0 Å². The molecule has 0 amide bonds. The molecule has 0 bridgehead atoms. The van der Waals surface area contributed by atoms with Crippen LogP contribution in [0.15, 0.2) is 0 Å². The Morgan fingerprint density at radius 2 is 0.238 bits per heavy atom. The Bertz CT molecular complexity index is 56.5. The SMILES string of the molecule is [Cl-].[Cl-].[Cl-].[Cl-].[Cl-].[Cl-].[N-]=O.[N-]=O.[N-]=O.[N-]=O.[N-]=O.[N-]=O.[Ti+4].[Ti+4].[Ti+4]. The van der Waals surface area contributed by atoms with Crippen molar-refractivity contribution in [2.24, 2.45) is 0 Å². The zero-order chi connectivity index (χ0) is 12.0. The van der Waals surface area contributed by atoms with Crippen molar-refractivity contribution < 1.29 is 140 Å². The number of nitrogens with zero attached hydrogens (tertiary/aromatic N) is 6. The molecule has 0 saturated heterocycles. The van der Waals surface area contributed by atoms with Crippen LogP contribution in [0.4, 0.5) is 0 Å². The standard InChI is InChI=1S/6ClH.6NO.3Ti/c;;;;;;6*1-2;;;/h6*1H;;;;;;;;;/q;;;;;;6*-1;3*+4/p-6. The van der Waals surface area contributed by atoms with Crippen LogP contribution in [0.2, 0.25) is 0 Å². The van der Waals surface area contributed by atoms with Crippen molar-refractivity contribution in [1.29, 1.82) is 0 Å². The Morgan fingerprint density at radius 3 is 0.238 bits per heavy atom. The molecule has 0 radical (unpaired) electrons. The number of rotatable bonds is 0. The summed E-state index contributed by atoms with van der Waals surface area (Å²) >= 11 is 0. The fourth-order valence-corrected chi connectivity index (χ4v) is 0. The molecular formula is Cl6N6O6Ti3. The topological polar surface area (TPSA) is 236 Å². The Hall–Kier alpha value is 1.48. The normalized spacial score (nSPS) is 1.14.